The van der Waals surface area contributed by atoms with Crippen LogP contribution in [0.15, 0.2) is 36.5 Å². The minimum absolute atomic E-state index is 0.0139. The number of anilines is 1. The topological polar surface area (TPSA) is 98.7 Å². The summed E-state index contributed by atoms with van der Waals surface area (Å²) in [5.41, 5.74) is 3.76. The molecule has 9 nitrogen and oxygen atoms in total. The van der Waals surface area contributed by atoms with E-state index >= 15 is 0 Å². The molecule has 1 amide bonds. The van der Waals surface area contributed by atoms with Crippen LogP contribution in [0, 0.1) is 0 Å². The standard InChI is InChI=1S/C26H29N5O4/c1-33-23-5-3-20-24(30-23)17(8-12-27-20)9-13-31(26-10-6-19(7-11-26)35-16-26)14-18-2-4-21-25(28-18)29-22(32)15-34-21/h2-5,8,12,19H,6-7,9-11,13-16H2,1H3,(H,28,29,32). The summed E-state index contributed by atoms with van der Waals surface area (Å²) in [6, 6.07) is 9.72. The van der Waals surface area contributed by atoms with E-state index in [1.54, 1.807) is 7.11 Å². The van der Waals surface area contributed by atoms with Gasteiger partial charge in [-0.3, -0.25) is 14.7 Å². The van der Waals surface area contributed by atoms with Crippen LogP contribution in [0.5, 0.6) is 11.6 Å². The van der Waals surface area contributed by atoms with E-state index in [0.717, 1.165) is 67.5 Å². The van der Waals surface area contributed by atoms with E-state index in [-0.39, 0.29) is 18.1 Å². The van der Waals surface area contributed by atoms with Crippen molar-refractivity contribution < 1.29 is 19.0 Å². The summed E-state index contributed by atoms with van der Waals surface area (Å²) in [6.07, 6.45) is 7.47. The molecule has 2 bridgehead atoms. The fraction of sp³-hybridized carbons (Fsp3) is 0.462. The lowest BCUT2D eigenvalue weighted by Gasteiger charge is -2.52. The van der Waals surface area contributed by atoms with Gasteiger partial charge in [0.25, 0.3) is 5.91 Å². The monoisotopic (exact) mass is 475 g/mol. The van der Waals surface area contributed by atoms with Crippen LogP contribution in [0.4, 0.5) is 5.82 Å². The molecule has 0 aromatic carbocycles. The van der Waals surface area contributed by atoms with Gasteiger partial charge in [-0.2, -0.15) is 0 Å². The third kappa shape index (κ3) is 4.30. The first-order valence-corrected chi connectivity index (χ1v) is 12.2. The van der Waals surface area contributed by atoms with Gasteiger partial charge in [-0.1, -0.05) is 0 Å². The molecule has 35 heavy (non-hydrogen) atoms. The molecule has 3 fully saturated rings. The number of nitrogens with one attached hydrogen (secondary N) is 1. The molecule has 3 aliphatic heterocycles. The number of hydrogen-bond acceptors (Lipinski definition) is 8. The molecule has 1 N–H and O–H groups in total. The van der Waals surface area contributed by atoms with E-state index in [2.05, 4.69) is 20.2 Å². The second-order valence-electron chi connectivity index (χ2n) is 9.58. The van der Waals surface area contributed by atoms with Crippen molar-refractivity contribution in [3.05, 3.63) is 47.8 Å². The van der Waals surface area contributed by atoms with Gasteiger partial charge in [-0.15, -0.1) is 0 Å². The summed E-state index contributed by atoms with van der Waals surface area (Å²) >= 11 is 0. The Bertz CT molecular complexity index is 1240. The summed E-state index contributed by atoms with van der Waals surface area (Å²) in [4.78, 5) is 28.2. The highest BCUT2D eigenvalue weighted by molar-refractivity contribution is 5.94. The second kappa shape index (κ2) is 9.05. The average molecular weight is 476 g/mol. The van der Waals surface area contributed by atoms with Crippen LogP contribution in [0.3, 0.4) is 0 Å². The van der Waals surface area contributed by atoms with Crippen LogP contribution in [0.2, 0.25) is 0 Å². The molecule has 0 atom stereocenters. The van der Waals surface area contributed by atoms with Crippen molar-refractivity contribution in [1.82, 2.24) is 19.9 Å². The summed E-state index contributed by atoms with van der Waals surface area (Å²) in [5.74, 6) is 1.52. The fourth-order valence-electron chi connectivity index (χ4n) is 5.52. The first-order chi connectivity index (χ1) is 17.1. The van der Waals surface area contributed by atoms with Crippen molar-refractivity contribution in [1.29, 1.82) is 0 Å². The zero-order chi connectivity index (χ0) is 23.8. The molecule has 0 radical (unpaired) electrons. The molecule has 0 unspecified atom stereocenters. The third-order valence-electron chi connectivity index (χ3n) is 7.51. The smallest absolute Gasteiger partial charge is 0.263 e. The van der Waals surface area contributed by atoms with Crippen LogP contribution in [0.25, 0.3) is 11.0 Å². The average Bonchev–Trinajstić information content (AvgIpc) is 2.91. The van der Waals surface area contributed by atoms with Gasteiger partial charge in [0.2, 0.25) is 5.88 Å². The Morgan fingerprint density at radius 3 is 2.86 bits per heavy atom. The number of carbonyl (C=O) groups is 1. The fourth-order valence-corrected chi connectivity index (χ4v) is 5.52. The number of aromatic nitrogens is 3. The molecule has 3 aromatic heterocycles. The van der Waals surface area contributed by atoms with E-state index < -0.39 is 0 Å². The summed E-state index contributed by atoms with van der Waals surface area (Å²) in [6.45, 7) is 2.26. The van der Waals surface area contributed by atoms with Gasteiger partial charge in [0.05, 0.1) is 36.5 Å². The van der Waals surface area contributed by atoms with Crippen molar-refractivity contribution in [2.24, 2.45) is 0 Å². The highest BCUT2D eigenvalue weighted by Crippen LogP contribution is 2.41. The van der Waals surface area contributed by atoms with Crippen molar-refractivity contribution in [2.45, 2.75) is 50.3 Å². The van der Waals surface area contributed by atoms with Gasteiger partial charge in [0.1, 0.15) is 0 Å². The van der Waals surface area contributed by atoms with Crippen LogP contribution in [0.1, 0.15) is 36.9 Å². The van der Waals surface area contributed by atoms with Crippen molar-refractivity contribution >= 4 is 22.8 Å². The molecule has 1 aliphatic carbocycles. The molecule has 182 valence electrons. The van der Waals surface area contributed by atoms with Crippen molar-refractivity contribution in [3.8, 4) is 11.6 Å². The molecule has 4 aliphatic rings. The lowest BCUT2D eigenvalue weighted by atomic mass is 9.76. The largest absolute Gasteiger partial charge is 0.481 e. The number of amides is 1. The number of pyridine rings is 3. The SMILES string of the molecule is COc1ccc2nccc(CCN(Cc3ccc4c(n3)NC(=O)CO4)C34CCC(CC3)OC4)c2n1. The van der Waals surface area contributed by atoms with Crippen LogP contribution in [-0.4, -0.2) is 64.3 Å². The first kappa shape index (κ1) is 22.2. The number of methoxy groups -OCH3 is 1. The Hall–Kier alpha value is -3.30. The van der Waals surface area contributed by atoms with E-state index in [1.807, 2.05) is 36.5 Å². The Kier molecular flexibility index (Phi) is 5.74. The number of hydrogen-bond donors (Lipinski definition) is 1. The second-order valence-corrected chi connectivity index (χ2v) is 9.58. The van der Waals surface area contributed by atoms with E-state index in [4.69, 9.17) is 19.2 Å². The Labute approximate surface area is 203 Å². The minimum Gasteiger partial charge on any atom is -0.481 e. The quantitative estimate of drug-likeness (QED) is 0.557. The molecular formula is C26H29N5O4. The predicted molar refractivity (Wildman–Crippen MR) is 130 cm³/mol. The Balaban J connectivity index is 1.29. The van der Waals surface area contributed by atoms with Crippen LogP contribution in [-0.2, 0) is 22.5 Å². The first-order valence-electron chi connectivity index (χ1n) is 12.2. The maximum absolute atomic E-state index is 11.8. The highest BCUT2D eigenvalue weighted by atomic mass is 16.5. The van der Waals surface area contributed by atoms with Crippen molar-refractivity contribution in [2.75, 3.05) is 32.2 Å². The lowest BCUT2D eigenvalue weighted by Crippen LogP contribution is -2.59. The number of fused-ring (bicyclic) bond motifs is 5. The van der Waals surface area contributed by atoms with Crippen LogP contribution < -0.4 is 14.8 Å². The number of carbonyl (C=O) groups excluding carboxylic acids is 1. The van der Waals surface area contributed by atoms with Gasteiger partial charge in [-0.05, 0) is 61.9 Å². The van der Waals surface area contributed by atoms with E-state index in [0.29, 0.717) is 30.1 Å². The van der Waals surface area contributed by atoms with Crippen LogP contribution >= 0.6 is 0 Å². The maximum atomic E-state index is 11.8. The maximum Gasteiger partial charge on any atom is 0.263 e. The molecular weight excluding hydrogens is 446 g/mol. The predicted octanol–water partition coefficient (Wildman–Crippen LogP) is 3.12. The zero-order valence-electron chi connectivity index (χ0n) is 19.8. The summed E-state index contributed by atoms with van der Waals surface area (Å²) < 4.78 is 17.0. The summed E-state index contributed by atoms with van der Waals surface area (Å²) in [5, 5.41) is 2.83. The van der Waals surface area contributed by atoms with E-state index in [1.165, 1.54) is 0 Å². The molecule has 9 heteroatoms. The number of rotatable bonds is 7. The minimum atomic E-state index is -0.177. The third-order valence-corrected chi connectivity index (χ3v) is 7.51. The molecule has 7 rings (SSSR count). The Morgan fingerprint density at radius 1 is 1.17 bits per heavy atom. The van der Waals surface area contributed by atoms with Crippen molar-refractivity contribution in [3.63, 3.8) is 0 Å². The normalized spacial score (nSPS) is 23.1. The number of ether oxygens (including phenoxy) is 3. The molecule has 0 spiro atoms. The lowest BCUT2D eigenvalue weighted by molar-refractivity contribution is -0.138. The molecule has 3 aromatic rings. The van der Waals surface area contributed by atoms with Gasteiger partial charge < -0.3 is 19.5 Å². The van der Waals surface area contributed by atoms with E-state index in [9.17, 15) is 4.79 Å². The van der Waals surface area contributed by atoms with Gasteiger partial charge in [0, 0.05) is 30.9 Å². The Morgan fingerprint density at radius 2 is 2.06 bits per heavy atom. The van der Waals surface area contributed by atoms with Gasteiger partial charge >= 0.3 is 0 Å². The number of nitrogens with zero attached hydrogens (tertiary/aromatic N) is 4. The zero-order valence-corrected chi connectivity index (χ0v) is 19.8. The van der Waals surface area contributed by atoms with Gasteiger partial charge in [0.15, 0.2) is 18.2 Å². The molecule has 1 saturated carbocycles. The molecule has 2 saturated heterocycles. The highest BCUT2D eigenvalue weighted by Gasteiger charge is 2.45. The van der Waals surface area contributed by atoms with Gasteiger partial charge in [-0.25, -0.2) is 9.97 Å². The summed E-state index contributed by atoms with van der Waals surface area (Å²) in [7, 11) is 1.63. The molecule has 6 heterocycles.